The summed E-state index contributed by atoms with van der Waals surface area (Å²) >= 11 is 1.89. The molecule has 2 aliphatic rings. The van der Waals surface area contributed by atoms with Gasteiger partial charge in [-0.3, -0.25) is 0 Å². The van der Waals surface area contributed by atoms with Crippen molar-refractivity contribution in [3.63, 3.8) is 0 Å². The van der Waals surface area contributed by atoms with Crippen LogP contribution >= 0.6 is 11.3 Å². The molecule has 1 aromatic heterocycles. The molecule has 2 unspecified atom stereocenters. The molecule has 3 heteroatoms. The predicted octanol–water partition coefficient (Wildman–Crippen LogP) is 2.53. The van der Waals surface area contributed by atoms with Crippen molar-refractivity contribution in [3.8, 4) is 0 Å². The molecule has 2 aliphatic heterocycles. The van der Waals surface area contributed by atoms with E-state index in [1.54, 1.807) is 0 Å². The third kappa shape index (κ3) is 1.53. The molecule has 0 aromatic carbocycles. The van der Waals surface area contributed by atoms with E-state index in [1.807, 2.05) is 11.3 Å². The standard InChI is InChI=1S/C13H19NOS/c1-9(2)11-7-13(8-15-11)12-10(3-5-14-13)4-6-16-12/h4,6,9,11,14H,3,5,7-8H2,1-2H3. The van der Waals surface area contributed by atoms with Gasteiger partial charge in [0.1, 0.15) is 0 Å². The van der Waals surface area contributed by atoms with Crippen LogP contribution in [0.5, 0.6) is 0 Å². The molecule has 1 N–H and O–H groups in total. The number of hydrogen-bond donors (Lipinski definition) is 1. The molecule has 0 bridgehead atoms. The van der Waals surface area contributed by atoms with E-state index < -0.39 is 0 Å². The molecule has 0 saturated carbocycles. The second-order valence-corrected chi connectivity index (χ2v) is 6.25. The summed E-state index contributed by atoms with van der Waals surface area (Å²) in [4.78, 5) is 1.53. The maximum absolute atomic E-state index is 5.98. The van der Waals surface area contributed by atoms with Gasteiger partial charge in [-0.2, -0.15) is 0 Å². The van der Waals surface area contributed by atoms with E-state index in [1.165, 1.54) is 16.9 Å². The number of fused-ring (bicyclic) bond motifs is 2. The molecule has 1 fully saturated rings. The third-order valence-electron chi connectivity index (χ3n) is 3.88. The molecule has 2 atom stereocenters. The Morgan fingerprint density at radius 3 is 3.19 bits per heavy atom. The average Bonchev–Trinajstić information content (AvgIpc) is 2.86. The van der Waals surface area contributed by atoms with Crippen LogP contribution in [-0.4, -0.2) is 19.3 Å². The van der Waals surface area contributed by atoms with Crippen molar-refractivity contribution >= 4 is 11.3 Å². The van der Waals surface area contributed by atoms with Crippen LogP contribution in [0, 0.1) is 5.92 Å². The molecular weight excluding hydrogens is 218 g/mol. The summed E-state index contributed by atoms with van der Waals surface area (Å²) in [6, 6.07) is 2.28. The number of thiophene rings is 1. The van der Waals surface area contributed by atoms with Gasteiger partial charge in [-0.25, -0.2) is 0 Å². The lowest BCUT2D eigenvalue weighted by Crippen LogP contribution is -2.47. The second-order valence-electron chi connectivity index (χ2n) is 5.33. The third-order valence-corrected chi connectivity index (χ3v) is 5.04. The van der Waals surface area contributed by atoms with Crippen molar-refractivity contribution in [1.82, 2.24) is 5.32 Å². The molecule has 0 amide bonds. The first kappa shape index (κ1) is 10.8. The normalized spacial score (nSPS) is 33.6. The van der Waals surface area contributed by atoms with Gasteiger partial charge >= 0.3 is 0 Å². The molecule has 3 rings (SSSR count). The van der Waals surface area contributed by atoms with Crippen LogP contribution in [0.15, 0.2) is 11.4 Å². The first-order chi connectivity index (χ1) is 7.71. The van der Waals surface area contributed by atoms with Gasteiger partial charge in [0.15, 0.2) is 0 Å². The van der Waals surface area contributed by atoms with E-state index in [9.17, 15) is 0 Å². The lowest BCUT2D eigenvalue weighted by Gasteiger charge is -2.33. The molecule has 1 saturated heterocycles. The van der Waals surface area contributed by atoms with E-state index >= 15 is 0 Å². The number of hydrogen-bond acceptors (Lipinski definition) is 3. The Labute approximate surface area is 101 Å². The molecule has 88 valence electrons. The van der Waals surface area contributed by atoms with E-state index in [0.717, 1.165) is 19.6 Å². The Bertz CT molecular complexity index is 387. The van der Waals surface area contributed by atoms with Crippen molar-refractivity contribution in [3.05, 3.63) is 21.9 Å². The predicted molar refractivity (Wildman–Crippen MR) is 66.9 cm³/mol. The van der Waals surface area contributed by atoms with E-state index in [-0.39, 0.29) is 5.54 Å². The van der Waals surface area contributed by atoms with Gasteiger partial charge in [-0.15, -0.1) is 11.3 Å². The highest BCUT2D eigenvalue weighted by molar-refractivity contribution is 7.10. The minimum absolute atomic E-state index is 0.136. The monoisotopic (exact) mass is 237 g/mol. The maximum atomic E-state index is 5.98. The van der Waals surface area contributed by atoms with Crippen molar-refractivity contribution in [2.75, 3.05) is 13.2 Å². The van der Waals surface area contributed by atoms with Crippen molar-refractivity contribution in [2.45, 2.75) is 38.3 Å². The summed E-state index contributed by atoms with van der Waals surface area (Å²) in [7, 11) is 0. The van der Waals surface area contributed by atoms with Crippen LogP contribution in [0.2, 0.25) is 0 Å². The molecule has 2 nitrogen and oxygen atoms in total. The summed E-state index contributed by atoms with van der Waals surface area (Å²) in [5.41, 5.74) is 1.67. The van der Waals surface area contributed by atoms with Crippen LogP contribution in [0.1, 0.15) is 30.7 Å². The fourth-order valence-corrected chi connectivity index (χ4v) is 4.02. The van der Waals surface area contributed by atoms with Gasteiger partial charge in [0, 0.05) is 11.4 Å². The van der Waals surface area contributed by atoms with Gasteiger partial charge in [0.2, 0.25) is 0 Å². The van der Waals surface area contributed by atoms with Gasteiger partial charge in [-0.1, -0.05) is 13.8 Å². The van der Waals surface area contributed by atoms with Crippen LogP contribution in [0.25, 0.3) is 0 Å². The maximum Gasteiger partial charge on any atom is 0.0793 e. The van der Waals surface area contributed by atoms with E-state index in [4.69, 9.17) is 4.74 Å². The van der Waals surface area contributed by atoms with Crippen molar-refractivity contribution < 1.29 is 4.74 Å². The fraction of sp³-hybridized carbons (Fsp3) is 0.692. The molecule has 3 heterocycles. The highest BCUT2D eigenvalue weighted by atomic mass is 32.1. The summed E-state index contributed by atoms with van der Waals surface area (Å²) in [6.45, 7) is 6.45. The number of ether oxygens (including phenoxy) is 1. The van der Waals surface area contributed by atoms with E-state index in [2.05, 4.69) is 30.6 Å². The smallest absolute Gasteiger partial charge is 0.0793 e. The summed E-state index contributed by atoms with van der Waals surface area (Å²) < 4.78 is 5.98. The van der Waals surface area contributed by atoms with Crippen molar-refractivity contribution in [1.29, 1.82) is 0 Å². The highest BCUT2D eigenvalue weighted by Gasteiger charge is 2.45. The summed E-state index contributed by atoms with van der Waals surface area (Å²) in [5.74, 6) is 0.617. The van der Waals surface area contributed by atoms with E-state index in [0.29, 0.717) is 12.0 Å². The summed E-state index contributed by atoms with van der Waals surface area (Å²) in [6.07, 6.45) is 2.73. The number of nitrogens with one attached hydrogen (secondary N) is 1. The van der Waals surface area contributed by atoms with Gasteiger partial charge in [0.25, 0.3) is 0 Å². The Kier molecular flexibility index (Phi) is 2.57. The zero-order valence-corrected chi connectivity index (χ0v) is 10.8. The van der Waals surface area contributed by atoms with Crippen LogP contribution in [0.3, 0.4) is 0 Å². The Balaban J connectivity index is 1.92. The fourth-order valence-electron chi connectivity index (χ4n) is 2.89. The summed E-state index contributed by atoms with van der Waals surface area (Å²) in [5, 5.41) is 5.93. The molecule has 0 radical (unpaired) electrons. The SMILES string of the molecule is CC(C)C1CC2(CO1)NCCc1ccsc12. The Hall–Kier alpha value is -0.380. The zero-order chi connectivity index (χ0) is 11.2. The molecule has 16 heavy (non-hydrogen) atoms. The Morgan fingerprint density at radius 1 is 1.56 bits per heavy atom. The van der Waals surface area contributed by atoms with Crippen molar-refractivity contribution in [2.24, 2.45) is 5.92 Å². The highest BCUT2D eigenvalue weighted by Crippen LogP contribution is 2.42. The van der Waals surface area contributed by atoms with Gasteiger partial charge < -0.3 is 10.1 Å². The Morgan fingerprint density at radius 2 is 2.44 bits per heavy atom. The topological polar surface area (TPSA) is 21.3 Å². The first-order valence-electron chi connectivity index (χ1n) is 6.15. The minimum Gasteiger partial charge on any atom is -0.376 e. The quantitative estimate of drug-likeness (QED) is 0.810. The molecular formula is C13H19NOS. The van der Waals surface area contributed by atoms with Gasteiger partial charge in [-0.05, 0) is 35.8 Å². The lowest BCUT2D eigenvalue weighted by atomic mass is 9.85. The van der Waals surface area contributed by atoms with Gasteiger partial charge in [0.05, 0.1) is 18.2 Å². The molecule has 1 aromatic rings. The zero-order valence-electron chi connectivity index (χ0n) is 9.95. The second kappa shape index (κ2) is 3.83. The largest absolute Gasteiger partial charge is 0.376 e. The lowest BCUT2D eigenvalue weighted by molar-refractivity contribution is 0.0693. The van der Waals surface area contributed by atoms with Crippen LogP contribution in [-0.2, 0) is 16.7 Å². The first-order valence-corrected chi connectivity index (χ1v) is 7.03. The number of rotatable bonds is 1. The van der Waals surface area contributed by atoms with Crippen LogP contribution < -0.4 is 5.32 Å². The average molecular weight is 237 g/mol. The minimum atomic E-state index is 0.136. The van der Waals surface area contributed by atoms with Crippen LogP contribution in [0.4, 0.5) is 0 Å². The molecule has 1 spiro atoms. The molecule has 0 aliphatic carbocycles.